The highest BCUT2D eigenvalue weighted by molar-refractivity contribution is 6.06. The molecule has 0 aromatic heterocycles. The Morgan fingerprint density at radius 1 is 1.21 bits per heavy atom. The maximum atomic E-state index is 12.5. The number of nitrogens with one attached hydrogen (secondary N) is 1. The number of carbonyl (C=O) groups is 1. The van der Waals surface area contributed by atoms with E-state index in [-0.39, 0.29) is 11.7 Å². The van der Waals surface area contributed by atoms with Gasteiger partial charge in [-0.05, 0) is 30.7 Å². The van der Waals surface area contributed by atoms with Crippen LogP contribution in [0.3, 0.4) is 0 Å². The lowest BCUT2D eigenvalue weighted by Crippen LogP contribution is -2.18. The predicted molar refractivity (Wildman–Crippen MR) is 88.3 cm³/mol. The molecule has 0 atom stereocenters. The van der Waals surface area contributed by atoms with Crippen molar-refractivity contribution in [2.24, 2.45) is 0 Å². The zero-order chi connectivity index (χ0) is 16.9. The smallest absolute Gasteiger partial charge is 0.259 e. The Hall–Kier alpha value is -2.57. The third-order valence-electron chi connectivity index (χ3n) is 3.72. The molecule has 24 heavy (non-hydrogen) atoms. The van der Waals surface area contributed by atoms with Crippen molar-refractivity contribution in [3.05, 3.63) is 53.6 Å². The Morgan fingerprint density at radius 3 is 2.71 bits per heavy atom. The fourth-order valence-corrected chi connectivity index (χ4v) is 2.50. The largest absolute Gasteiger partial charge is 0.506 e. The topological polar surface area (TPSA) is 77.0 Å². The number of para-hydroxylation sites is 1. The van der Waals surface area contributed by atoms with Gasteiger partial charge in [0.25, 0.3) is 5.91 Å². The first kappa shape index (κ1) is 16.3. The van der Waals surface area contributed by atoms with E-state index in [4.69, 9.17) is 14.2 Å². The summed E-state index contributed by atoms with van der Waals surface area (Å²) in [5.74, 6) is 0.0628. The lowest BCUT2D eigenvalue weighted by atomic mass is 10.1. The summed E-state index contributed by atoms with van der Waals surface area (Å²) in [6.45, 7) is 1.24. The van der Waals surface area contributed by atoms with Gasteiger partial charge in [-0.1, -0.05) is 18.2 Å². The van der Waals surface area contributed by atoms with Crippen LogP contribution in [0.25, 0.3) is 0 Å². The fourth-order valence-electron chi connectivity index (χ4n) is 2.50. The lowest BCUT2D eigenvalue weighted by molar-refractivity contribution is -0.183. The van der Waals surface area contributed by atoms with Crippen LogP contribution in [0, 0.1) is 0 Å². The van der Waals surface area contributed by atoms with E-state index >= 15 is 0 Å². The van der Waals surface area contributed by atoms with E-state index in [9.17, 15) is 9.90 Å². The first-order valence-corrected chi connectivity index (χ1v) is 7.69. The molecule has 0 saturated carbocycles. The summed E-state index contributed by atoms with van der Waals surface area (Å²) < 4.78 is 16.3. The summed E-state index contributed by atoms with van der Waals surface area (Å²) in [5, 5.41) is 12.7. The van der Waals surface area contributed by atoms with Crippen LogP contribution < -0.4 is 10.1 Å². The summed E-state index contributed by atoms with van der Waals surface area (Å²) in [4.78, 5) is 12.5. The van der Waals surface area contributed by atoms with Crippen molar-refractivity contribution < 1.29 is 24.1 Å². The Kier molecular flexibility index (Phi) is 4.98. The number of hydrogen-bond donors (Lipinski definition) is 2. The minimum atomic E-state index is -0.485. The van der Waals surface area contributed by atoms with Gasteiger partial charge in [0.15, 0.2) is 6.29 Å². The van der Waals surface area contributed by atoms with Gasteiger partial charge in [-0.3, -0.25) is 4.79 Å². The van der Waals surface area contributed by atoms with Crippen LogP contribution in [-0.2, 0) is 9.47 Å². The fraction of sp³-hybridized carbons (Fsp3) is 0.278. The van der Waals surface area contributed by atoms with E-state index in [1.807, 2.05) is 0 Å². The number of methoxy groups -OCH3 is 1. The number of aromatic hydroxyl groups is 1. The van der Waals surface area contributed by atoms with E-state index in [1.165, 1.54) is 13.2 Å². The third-order valence-corrected chi connectivity index (χ3v) is 3.72. The highest BCUT2D eigenvalue weighted by Gasteiger charge is 2.19. The van der Waals surface area contributed by atoms with Gasteiger partial charge in [0.2, 0.25) is 0 Å². The van der Waals surface area contributed by atoms with Crippen molar-refractivity contribution in [1.82, 2.24) is 0 Å². The number of benzene rings is 2. The molecule has 0 radical (unpaired) electrons. The first-order chi connectivity index (χ1) is 11.7. The average molecular weight is 329 g/mol. The van der Waals surface area contributed by atoms with Crippen molar-refractivity contribution in [2.75, 3.05) is 25.6 Å². The van der Waals surface area contributed by atoms with Gasteiger partial charge in [-0.15, -0.1) is 0 Å². The third kappa shape index (κ3) is 3.50. The molecule has 6 heteroatoms. The second-order valence-electron chi connectivity index (χ2n) is 5.36. The quantitative estimate of drug-likeness (QED) is 0.843. The van der Waals surface area contributed by atoms with Crippen LogP contribution in [0.2, 0.25) is 0 Å². The normalized spacial score (nSPS) is 15.0. The van der Waals surface area contributed by atoms with Crippen LogP contribution in [0.5, 0.6) is 11.5 Å². The van der Waals surface area contributed by atoms with Gasteiger partial charge in [0, 0.05) is 5.56 Å². The Labute approximate surface area is 140 Å². The van der Waals surface area contributed by atoms with Crippen LogP contribution in [0.1, 0.15) is 28.6 Å². The SMILES string of the molecule is COc1ccccc1C(=O)Nc1cc(C2OCCCO2)ccc1O. The predicted octanol–water partition coefficient (Wildman–Crippen LogP) is 3.09. The minimum Gasteiger partial charge on any atom is -0.506 e. The number of carbonyl (C=O) groups excluding carboxylic acids is 1. The Bertz CT molecular complexity index is 725. The molecule has 1 saturated heterocycles. The zero-order valence-corrected chi connectivity index (χ0v) is 13.3. The highest BCUT2D eigenvalue weighted by atomic mass is 16.7. The lowest BCUT2D eigenvalue weighted by Gasteiger charge is -2.24. The van der Waals surface area contributed by atoms with Crippen molar-refractivity contribution in [3.63, 3.8) is 0 Å². The van der Waals surface area contributed by atoms with E-state index in [0.717, 1.165) is 12.0 Å². The number of amides is 1. The zero-order valence-electron chi connectivity index (χ0n) is 13.3. The molecule has 1 fully saturated rings. The van der Waals surface area contributed by atoms with Gasteiger partial charge in [0.1, 0.15) is 11.5 Å². The molecular weight excluding hydrogens is 310 g/mol. The second kappa shape index (κ2) is 7.33. The van der Waals surface area contributed by atoms with Crippen molar-refractivity contribution in [2.45, 2.75) is 12.7 Å². The van der Waals surface area contributed by atoms with Crippen LogP contribution in [0.4, 0.5) is 5.69 Å². The van der Waals surface area contributed by atoms with Crippen LogP contribution >= 0.6 is 0 Å². The Balaban J connectivity index is 1.82. The molecule has 2 aromatic rings. The minimum absolute atomic E-state index is 0.0298. The number of ether oxygens (including phenoxy) is 3. The monoisotopic (exact) mass is 329 g/mol. The number of rotatable bonds is 4. The molecule has 0 spiro atoms. The first-order valence-electron chi connectivity index (χ1n) is 7.69. The average Bonchev–Trinajstić information content (AvgIpc) is 2.64. The van der Waals surface area contributed by atoms with Crippen LogP contribution in [-0.4, -0.2) is 31.3 Å². The summed E-state index contributed by atoms with van der Waals surface area (Å²) >= 11 is 0. The molecule has 0 unspecified atom stereocenters. The molecule has 2 aromatic carbocycles. The van der Waals surface area contributed by atoms with E-state index in [1.54, 1.807) is 36.4 Å². The number of phenols is 1. The molecule has 1 aliphatic heterocycles. The molecular formula is C18H19NO5. The summed E-state index contributed by atoms with van der Waals surface area (Å²) in [6.07, 6.45) is 0.368. The van der Waals surface area contributed by atoms with Gasteiger partial charge in [0.05, 0.1) is 31.6 Å². The molecule has 0 aliphatic carbocycles. The molecule has 0 bridgehead atoms. The molecule has 1 heterocycles. The maximum absolute atomic E-state index is 12.5. The number of hydrogen-bond acceptors (Lipinski definition) is 5. The standard InChI is InChI=1S/C18H19NO5/c1-22-16-6-3-2-5-13(16)17(21)19-14-11-12(7-8-15(14)20)18-23-9-4-10-24-18/h2-3,5-8,11,18,20H,4,9-10H2,1H3,(H,19,21). The van der Waals surface area contributed by atoms with E-state index in [0.29, 0.717) is 30.2 Å². The van der Waals surface area contributed by atoms with Crippen LogP contribution in [0.15, 0.2) is 42.5 Å². The van der Waals surface area contributed by atoms with Gasteiger partial charge < -0.3 is 24.6 Å². The van der Waals surface area contributed by atoms with Crippen molar-refractivity contribution in [1.29, 1.82) is 0 Å². The summed E-state index contributed by atoms with van der Waals surface area (Å²) in [7, 11) is 1.50. The molecule has 1 aliphatic rings. The molecule has 6 nitrogen and oxygen atoms in total. The number of anilines is 1. The van der Waals surface area contributed by atoms with Crippen molar-refractivity contribution >= 4 is 11.6 Å². The van der Waals surface area contributed by atoms with E-state index < -0.39 is 6.29 Å². The molecule has 126 valence electrons. The van der Waals surface area contributed by atoms with Gasteiger partial charge >= 0.3 is 0 Å². The molecule has 3 rings (SSSR count). The maximum Gasteiger partial charge on any atom is 0.259 e. The molecule has 2 N–H and O–H groups in total. The Morgan fingerprint density at radius 2 is 1.96 bits per heavy atom. The van der Waals surface area contributed by atoms with Gasteiger partial charge in [-0.25, -0.2) is 0 Å². The van der Waals surface area contributed by atoms with Gasteiger partial charge in [-0.2, -0.15) is 0 Å². The summed E-state index contributed by atoms with van der Waals surface area (Å²) in [5.41, 5.74) is 1.42. The molecule has 1 amide bonds. The second-order valence-corrected chi connectivity index (χ2v) is 5.36. The van der Waals surface area contributed by atoms with E-state index in [2.05, 4.69) is 5.32 Å². The highest BCUT2D eigenvalue weighted by Crippen LogP contribution is 2.31. The van der Waals surface area contributed by atoms with Crippen molar-refractivity contribution in [3.8, 4) is 11.5 Å². The summed E-state index contributed by atoms with van der Waals surface area (Å²) in [6, 6.07) is 11.8. The number of phenolic OH excluding ortho intramolecular Hbond substituents is 1.